The largest absolute Gasteiger partial charge is 0.497 e. The fourth-order valence-corrected chi connectivity index (χ4v) is 3.85. The van der Waals surface area contributed by atoms with Gasteiger partial charge < -0.3 is 24.8 Å². The molecule has 170 valence electrons. The Morgan fingerprint density at radius 2 is 1.94 bits per heavy atom. The van der Waals surface area contributed by atoms with Gasteiger partial charge in [0.2, 0.25) is 0 Å². The van der Waals surface area contributed by atoms with Crippen molar-refractivity contribution < 1.29 is 4.74 Å². The molecule has 0 aliphatic carbocycles. The summed E-state index contributed by atoms with van der Waals surface area (Å²) in [4.78, 5) is 20.0. The third kappa shape index (κ3) is 6.31. The maximum atomic E-state index is 12.8. The Morgan fingerprint density at radius 1 is 1.12 bits per heavy atom. The summed E-state index contributed by atoms with van der Waals surface area (Å²) >= 11 is 5.74. The maximum Gasteiger partial charge on any atom is 0.253 e. The molecule has 0 saturated heterocycles. The van der Waals surface area contributed by atoms with Crippen molar-refractivity contribution in [3.8, 4) is 5.75 Å². The van der Waals surface area contributed by atoms with E-state index >= 15 is 0 Å². The lowest BCUT2D eigenvalue weighted by Crippen LogP contribution is -2.37. The third-order valence-corrected chi connectivity index (χ3v) is 5.76. The second-order valence-electron chi connectivity index (χ2n) is 8.14. The monoisotopic (exact) mass is 452 g/mol. The van der Waals surface area contributed by atoms with Crippen LogP contribution in [0.25, 0.3) is 10.9 Å². The van der Waals surface area contributed by atoms with E-state index in [1.165, 1.54) is 5.56 Å². The number of aryl methyl sites for hydroxylation is 1. The van der Waals surface area contributed by atoms with E-state index in [9.17, 15) is 4.79 Å². The number of pyridine rings is 1. The Balaban J connectivity index is 1.85. The van der Waals surface area contributed by atoms with E-state index < -0.39 is 0 Å². The highest BCUT2D eigenvalue weighted by Crippen LogP contribution is 2.19. The topological polar surface area (TPSA) is 60.6 Å². The van der Waals surface area contributed by atoms with E-state index in [-0.39, 0.29) is 5.56 Å². The molecule has 0 spiro atoms. The smallest absolute Gasteiger partial charge is 0.253 e. The molecular weight excluding hydrogens is 420 g/mol. The van der Waals surface area contributed by atoms with Crippen molar-refractivity contribution >= 4 is 33.9 Å². The second-order valence-corrected chi connectivity index (χ2v) is 8.53. The number of hydrogen-bond donors (Lipinski definition) is 2. The molecule has 0 aliphatic rings. The normalized spacial score (nSPS) is 11.0. The molecule has 7 heteroatoms. The lowest BCUT2D eigenvalue weighted by atomic mass is 10.1. The molecule has 0 aliphatic heterocycles. The first-order chi connectivity index (χ1) is 15.4. The average Bonchev–Trinajstić information content (AvgIpc) is 2.78. The third-order valence-electron chi connectivity index (χ3n) is 5.40. The number of benzene rings is 2. The van der Waals surface area contributed by atoms with Crippen molar-refractivity contribution in [2.24, 2.45) is 0 Å². The van der Waals surface area contributed by atoms with E-state index in [0.717, 1.165) is 48.3 Å². The number of nitrogens with one attached hydrogen (secondary N) is 2. The SMILES string of the molecule is CCc1ccc2[nH]c(=O)c(CN(CCCN(C)C)C(=S)Nc3cccc(OC)c3)cc2c1. The summed E-state index contributed by atoms with van der Waals surface area (Å²) in [5, 5.41) is 4.92. The number of anilines is 1. The highest BCUT2D eigenvalue weighted by molar-refractivity contribution is 7.80. The molecule has 0 fully saturated rings. The Bertz CT molecular complexity index is 1130. The number of fused-ring (bicyclic) bond motifs is 1. The van der Waals surface area contributed by atoms with Crippen molar-refractivity contribution in [1.82, 2.24) is 14.8 Å². The van der Waals surface area contributed by atoms with Gasteiger partial charge in [0.15, 0.2) is 5.11 Å². The van der Waals surface area contributed by atoms with Gasteiger partial charge in [-0.05, 0) is 87.0 Å². The van der Waals surface area contributed by atoms with Crippen LogP contribution >= 0.6 is 12.2 Å². The Morgan fingerprint density at radius 3 is 2.66 bits per heavy atom. The molecule has 0 unspecified atom stereocenters. The van der Waals surface area contributed by atoms with Crippen LogP contribution < -0.4 is 15.6 Å². The first-order valence-corrected chi connectivity index (χ1v) is 11.3. The van der Waals surface area contributed by atoms with Gasteiger partial charge in [-0.1, -0.05) is 19.1 Å². The van der Waals surface area contributed by atoms with Crippen LogP contribution in [0.4, 0.5) is 5.69 Å². The lowest BCUT2D eigenvalue weighted by molar-refractivity contribution is 0.346. The van der Waals surface area contributed by atoms with Gasteiger partial charge in [0.25, 0.3) is 5.56 Å². The van der Waals surface area contributed by atoms with Gasteiger partial charge in [0, 0.05) is 29.4 Å². The number of ether oxygens (including phenoxy) is 1. The molecule has 3 rings (SSSR count). The lowest BCUT2D eigenvalue weighted by Gasteiger charge is -2.26. The minimum absolute atomic E-state index is 0.0801. The quantitative estimate of drug-likeness (QED) is 0.474. The van der Waals surface area contributed by atoms with Gasteiger partial charge >= 0.3 is 0 Å². The molecular formula is C25H32N4O2S. The van der Waals surface area contributed by atoms with Crippen LogP contribution in [-0.2, 0) is 13.0 Å². The summed E-state index contributed by atoms with van der Waals surface area (Å²) in [6, 6.07) is 15.8. The van der Waals surface area contributed by atoms with Gasteiger partial charge in [0.1, 0.15) is 5.75 Å². The molecule has 2 N–H and O–H groups in total. The number of aromatic nitrogens is 1. The summed E-state index contributed by atoms with van der Waals surface area (Å²) in [6.07, 6.45) is 1.88. The number of thiocarbonyl (C=S) groups is 1. The zero-order valence-corrected chi connectivity index (χ0v) is 20.1. The van der Waals surface area contributed by atoms with Crippen molar-refractivity contribution in [2.75, 3.05) is 39.6 Å². The van der Waals surface area contributed by atoms with Crippen molar-refractivity contribution in [2.45, 2.75) is 26.3 Å². The van der Waals surface area contributed by atoms with E-state index in [0.29, 0.717) is 17.2 Å². The number of nitrogens with zero attached hydrogens (tertiary/aromatic N) is 2. The van der Waals surface area contributed by atoms with Gasteiger partial charge in [0.05, 0.1) is 13.7 Å². The predicted octanol–water partition coefficient (Wildman–Crippen LogP) is 4.25. The molecule has 0 bridgehead atoms. The van der Waals surface area contributed by atoms with Crippen LogP contribution in [0, 0.1) is 0 Å². The fourth-order valence-electron chi connectivity index (χ4n) is 3.58. The molecule has 3 aromatic rings. The molecule has 32 heavy (non-hydrogen) atoms. The highest BCUT2D eigenvalue weighted by atomic mass is 32.1. The maximum absolute atomic E-state index is 12.8. The highest BCUT2D eigenvalue weighted by Gasteiger charge is 2.14. The van der Waals surface area contributed by atoms with E-state index in [4.69, 9.17) is 17.0 Å². The summed E-state index contributed by atoms with van der Waals surface area (Å²) < 4.78 is 5.31. The zero-order valence-electron chi connectivity index (χ0n) is 19.3. The molecule has 0 saturated carbocycles. The van der Waals surface area contributed by atoms with Gasteiger partial charge in [-0.2, -0.15) is 0 Å². The average molecular weight is 453 g/mol. The number of hydrogen-bond acceptors (Lipinski definition) is 4. The standard InChI is InChI=1S/C25H32N4O2S/c1-5-18-10-11-23-19(14-18)15-20(24(30)27-23)17-29(13-7-12-28(2)3)25(32)26-21-8-6-9-22(16-21)31-4/h6,8-11,14-16H,5,7,12-13,17H2,1-4H3,(H,26,32)(H,27,30). The molecule has 1 aromatic heterocycles. The first-order valence-electron chi connectivity index (χ1n) is 10.9. The van der Waals surface area contributed by atoms with Crippen LogP contribution in [0.3, 0.4) is 0 Å². The van der Waals surface area contributed by atoms with Crippen molar-refractivity contribution in [3.05, 3.63) is 70.0 Å². The Labute approximate surface area is 195 Å². The number of H-pyrrole nitrogens is 1. The summed E-state index contributed by atoms with van der Waals surface area (Å²) in [5.41, 5.74) is 3.57. The second kappa shape index (κ2) is 11.1. The molecule has 1 heterocycles. The zero-order chi connectivity index (χ0) is 23.1. The number of aromatic amines is 1. The van der Waals surface area contributed by atoms with E-state index in [1.807, 2.05) is 36.4 Å². The van der Waals surface area contributed by atoms with Crippen molar-refractivity contribution in [3.63, 3.8) is 0 Å². The summed E-state index contributed by atoms with van der Waals surface area (Å²) in [5.74, 6) is 0.759. The summed E-state index contributed by atoms with van der Waals surface area (Å²) in [7, 11) is 5.74. The van der Waals surface area contributed by atoms with E-state index in [1.54, 1.807) is 7.11 Å². The molecule has 0 atom stereocenters. The Hall–Kier alpha value is -2.90. The minimum atomic E-state index is -0.0801. The first kappa shape index (κ1) is 23.8. The van der Waals surface area contributed by atoms with Crippen molar-refractivity contribution in [1.29, 1.82) is 0 Å². The predicted molar refractivity (Wildman–Crippen MR) is 137 cm³/mol. The van der Waals surface area contributed by atoms with E-state index in [2.05, 4.69) is 53.3 Å². The molecule has 0 amide bonds. The number of methoxy groups -OCH3 is 1. The summed E-state index contributed by atoms with van der Waals surface area (Å²) in [6.45, 7) is 4.24. The van der Waals surface area contributed by atoms with Crippen LogP contribution in [-0.4, -0.2) is 54.2 Å². The molecule has 0 radical (unpaired) electrons. The van der Waals surface area contributed by atoms with Crippen LogP contribution in [0.5, 0.6) is 5.75 Å². The van der Waals surface area contributed by atoms with Crippen LogP contribution in [0.2, 0.25) is 0 Å². The van der Waals surface area contributed by atoms with Gasteiger partial charge in [-0.25, -0.2) is 0 Å². The van der Waals surface area contributed by atoms with Gasteiger partial charge in [-0.15, -0.1) is 0 Å². The fraction of sp³-hybridized carbons (Fsp3) is 0.360. The minimum Gasteiger partial charge on any atom is -0.497 e. The van der Waals surface area contributed by atoms with Crippen LogP contribution in [0.15, 0.2) is 53.3 Å². The number of rotatable bonds is 9. The van der Waals surface area contributed by atoms with Crippen LogP contribution in [0.1, 0.15) is 24.5 Å². The molecule has 6 nitrogen and oxygen atoms in total. The Kier molecular flexibility index (Phi) is 8.25. The molecule has 2 aromatic carbocycles. The van der Waals surface area contributed by atoms with Gasteiger partial charge in [-0.3, -0.25) is 4.79 Å².